The summed E-state index contributed by atoms with van der Waals surface area (Å²) < 4.78 is 5.14. The summed E-state index contributed by atoms with van der Waals surface area (Å²) in [6, 6.07) is -1.53. The number of aliphatic carboxylic acids is 1. The van der Waals surface area contributed by atoms with Gasteiger partial charge in [0, 0.05) is 32.7 Å². The second-order valence-corrected chi connectivity index (χ2v) is 3.63. The number of likely N-dealkylation sites (N-methyl/N-ethyl adjacent to an activating group) is 1. The number of amides is 2. The lowest BCUT2D eigenvalue weighted by Gasteiger charge is -2.23. The van der Waals surface area contributed by atoms with Gasteiger partial charge in [-0.1, -0.05) is 0 Å². The van der Waals surface area contributed by atoms with Crippen molar-refractivity contribution in [2.24, 2.45) is 0 Å². The van der Waals surface area contributed by atoms with Gasteiger partial charge in [-0.3, -0.25) is 0 Å². The van der Waals surface area contributed by atoms with E-state index in [1.807, 2.05) is 6.92 Å². The molecule has 0 saturated carbocycles. The second kappa shape index (κ2) is 9.67. The van der Waals surface area contributed by atoms with Crippen molar-refractivity contribution in [2.45, 2.75) is 26.3 Å². The minimum atomic E-state index is -1.15. The number of nitrogens with zero attached hydrogens (tertiary/aromatic N) is 1. The molecule has 0 spiro atoms. The highest BCUT2D eigenvalue weighted by atomic mass is 16.5. The Hall–Kier alpha value is -1.34. The van der Waals surface area contributed by atoms with Gasteiger partial charge >= 0.3 is 12.0 Å². The first-order valence-corrected chi connectivity index (χ1v) is 6.03. The lowest BCUT2D eigenvalue weighted by molar-refractivity contribution is -0.139. The molecule has 0 aliphatic rings. The molecule has 7 nitrogen and oxygen atoms in total. The maximum Gasteiger partial charge on any atom is 0.326 e. The molecule has 0 aliphatic carbocycles. The summed E-state index contributed by atoms with van der Waals surface area (Å²) >= 11 is 0. The normalized spacial score (nSPS) is 11.9. The molecule has 0 heterocycles. The number of aliphatic hydroxyl groups excluding tert-OH is 1. The monoisotopic (exact) mass is 262 g/mol. The van der Waals surface area contributed by atoms with Crippen molar-refractivity contribution >= 4 is 12.0 Å². The number of ether oxygens (including phenoxy) is 1. The van der Waals surface area contributed by atoms with Gasteiger partial charge in [0.2, 0.25) is 0 Å². The number of carboxylic acid groups (broad SMARTS) is 1. The highest BCUT2D eigenvalue weighted by molar-refractivity contribution is 5.82. The molecule has 0 bridgehead atoms. The van der Waals surface area contributed by atoms with Crippen LogP contribution in [0.2, 0.25) is 0 Å². The van der Waals surface area contributed by atoms with Crippen LogP contribution in [0.1, 0.15) is 20.3 Å². The van der Waals surface area contributed by atoms with Crippen LogP contribution in [0.4, 0.5) is 4.79 Å². The summed E-state index contributed by atoms with van der Waals surface area (Å²) in [5, 5.41) is 19.9. The molecule has 0 aromatic rings. The standard InChI is InChI=1S/C11H22N2O5/c1-3-13(6-8-18-4-2)11(17)12-9(5-7-14)10(15)16/h9,14H,3-8H2,1-2H3,(H,12,17)(H,15,16)/t9-/m0/s1. The van der Waals surface area contributed by atoms with Crippen molar-refractivity contribution in [3.05, 3.63) is 0 Å². The van der Waals surface area contributed by atoms with Crippen molar-refractivity contribution in [2.75, 3.05) is 32.9 Å². The van der Waals surface area contributed by atoms with E-state index in [-0.39, 0.29) is 13.0 Å². The van der Waals surface area contributed by atoms with Gasteiger partial charge in [-0.2, -0.15) is 0 Å². The Morgan fingerprint density at radius 3 is 2.50 bits per heavy atom. The van der Waals surface area contributed by atoms with Gasteiger partial charge in [0.15, 0.2) is 0 Å². The lowest BCUT2D eigenvalue weighted by Crippen LogP contribution is -2.49. The minimum Gasteiger partial charge on any atom is -0.480 e. The Balaban J connectivity index is 4.26. The highest BCUT2D eigenvalue weighted by Crippen LogP contribution is 1.96. The van der Waals surface area contributed by atoms with Crippen molar-refractivity contribution < 1.29 is 24.5 Å². The first-order valence-electron chi connectivity index (χ1n) is 6.03. The van der Waals surface area contributed by atoms with Crippen molar-refractivity contribution in [1.82, 2.24) is 10.2 Å². The summed E-state index contributed by atoms with van der Waals surface area (Å²) in [6.07, 6.45) is -0.00983. The quantitative estimate of drug-likeness (QED) is 0.503. The fourth-order valence-corrected chi connectivity index (χ4v) is 1.35. The van der Waals surface area contributed by atoms with Crippen LogP contribution in [0.15, 0.2) is 0 Å². The topological polar surface area (TPSA) is 99.1 Å². The number of rotatable bonds is 9. The van der Waals surface area contributed by atoms with Gasteiger partial charge < -0.3 is 25.2 Å². The molecular weight excluding hydrogens is 240 g/mol. The van der Waals surface area contributed by atoms with E-state index in [0.29, 0.717) is 26.3 Å². The van der Waals surface area contributed by atoms with E-state index >= 15 is 0 Å². The minimum absolute atomic E-state index is 0.00983. The van der Waals surface area contributed by atoms with Gasteiger partial charge in [-0.15, -0.1) is 0 Å². The van der Waals surface area contributed by atoms with Gasteiger partial charge in [0.05, 0.1) is 6.61 Å². The Labute approximate surface area is 107 Å². The molecule has 106 valence electrons. The maximum absolute atomic E-state index is 11.8. The Morgan fingerprint density at radius 2 is 2.06 bits per heavy atom. The molecule has 1 atom stereocenters. The van der Waals surface area contributed by atoms with Crippen LogP contribution in [0.3, 0.4) is 0 Å². The smallest absolute Gasteiger partial charge is 0.326 e. The highest BCUT2D eigenvalue weighted by Gasteiger charge is 2.21. The average molecular weight is 262 g/mol. The molecule has 2 amide bonds. The predicted octanol–water partition coefficient (Wildman–Crippen LogP) is -0.110. The number of nitrogens with one attached hydrogen (secondary N) is 1. The number of carboxylic acids is 1. The van der Waals surface area contributed by atoms with Gasteiger partial charge in [0.1, 0.15) is 6.04 Å². The summed E-state index contributed by atoms with van der Waals surface area (Å²) in [5.74, 6) is -1.15. The molecule has 0 unspecified atom stereocenters. The first kappa shape index (κ1) is 16.7. The van der Waals surface area contributed by atoms with Crippen molar-refractivity contribution in [1.29, 1.82) is 0 Å². The average Bonchev–Trinajstić information content (AvgIpc) is 2.33. The van der Waals surface area contributed by atoms with Crippen LogP contribution in [0.25, 0.3) is 0 Å². The molecule has 0 fully saturated rings. The number of urea groups is 1. The number of carbonyl (C=O) groups excluding carboxylic acids is 1. The van der Waals surface area contributed by atoms with Crippen LogP contribution in [0.5, 0.6) is 0 Å². The fraction of sp³-hybridized carbons (Fsp3) is 0.818. The van der Waals surface area contributed by atoms with Gasteiger partial charge in [-0.25, -0.2) is 9.59 Å². The summed E-state index contributed by atoms with van der Waals surface area (Å²) in [6.45, 7) is 5.22. The second-order valence-electron chi connectivity index (χ2n) is 3.63. The van der Waals surface area contributed by atoms with Crippen LogP contribution in [-0.2, 0) is 9.53 Å². The number of aliphatic hydroxyl groups is 1. The summed E-state index contributed by atoms with van der Waals surface area (Å²) in [4.78, 5) is 24.1. The fourth-order valence-electron chi connectivity index (χ4n) is 1.35. The van der Waals surface area contributed by atoms with Crippen LogP contribution in [0, 0.1) is 0 Å². The number of hydrogen-bond donors (Lipinski definition) is 3. The molecule has 0 aromatic carbocycles. The largest absolute Gasteiger partial charge is 0.480 e. The zero-order chi connectivity index (χ0) is 14.0. The predicted molar refractivity (Wildman–Crippen MR) is 65.4 cm³/mol. The van der Waals surface area contributed by atoms with E-state index in [9.17, 15) is 9.59 Å². The Morgan fingerprint density at radius 1 is 1.39 bits per heavy atom. The molecule has 3 N–H and O–H groups in total. The Kier molecular flexibility index (Phi) is 8.95. The molecule has 0 aliphatic heterocycles. The van der Waals surface area contributed by atoms with E-state index in [4.69, 9.17) is 14.9 Å². The van der Waals surface area contributed by atoms with Crippen molar-refractivity contribution in [3.63, 3.8) is 0 Å². The number of carbonyl (C=O) groups is 2. The maximum atomic E-state index is 11.8. The third kappa shape index (κ3) is 6.41. The summed E-state index contributed by atoms with van der Waals surface area (Å²) in [7, 11) is 0. The molecule has 0 radical (unpaired) electrons. The zero-order valence-corrected chi connectivity index (χ0v) is 10.9. The van der Waals surface area contributed by atoms with E-state index in [1.165, 1.54) is 4.90 Å². The van der Waals surface area contributed by atoms with Gasteiger partial charge in [-0.05, 0) is 13.8 Å². The first-order chi connectivity index (χ1) is 8.56. The lowest BCUT2D eigenvalue weighted by atomic mass is 10.2. The Bertz CT molecular complexity index is 260. The molecular formula is C11H22N2O5. The van der Waals surface area contributed by atoms with E-state index in [1.54, 1.807) is 6.92 Å². The number of hydrogen-bond acceptors (Lipinski definition) is 4. The molecule has 18 heavy (non-hydrogen) atoms. The third-order valence-corrected chi connectivity index (χ3v) is 2.39. The van der Waals surface area contributed by atoms with E-state index in [2.05, 4.69) is 5.32 Å². The van der Waals surface area contributed by atoms with E-state index in [0.717, 1.165) is 0 Å². The van der Waals surface area contributed by atoms with Gasteiger partial charge in [0.25, 0.3) is 0 Å². The molecule has 7 heteroatoms. The van der Waals surface area contributed by atoms with Crippen LogP contribution < -0.4 is 5.32 Å². The molecule has 0 rings (SSSR count). The SMILES string of the molecule is CCOCCN(CC)C(=O)N[C@@H](CCO)C(=O)O. The van der Waals surface area contributed by atoms with Crippen molar-refractivity contribution in [3.8, 4) is 0 Å². The summed E-state index contributed by atoms with van der Waals surface area (Å²) in [5.41, 5.74) is 0. The molecule has 0 aromatic heterocycles. The molecule has 0 saturated heterocycles. The zero-order valence-electron chi connectivity index (χ0n) is 10.9. The van der Waals surface area contributed by atoms with Crippen LogP contribution >= 0.6 is 0 Å². The van der Waals surface area contributed by atoms with E-state index < -0.39 is 18.0 Å². The van der Waals surface area contributed by atoms with Crippen LogP contribution in [-0.4, -0.2) is 66.1 Å². The third-order valence-electron chi connectivity index (χ3n) is 2.39.